The Morgan fingerprint density at radius 2 is 1.97 bits per heavy atom. The molecule has 3 aliphatic heterocycles. The van der Waals surface area contributed by atoms with Gasteiger partial charge in [-0.05, 0) is 49.3 Å². The predicted molar refractivity (Wildman–Crippen MR) is 114 cm³/mol. The Hall–Kier alpha value is -2.65. The fourth-order valence-electron chi connectivity index (χ4n) is 4.74. The van der Waals surface area contributed by atoms with Crippen molar-refractivity contribution in [2.45, 2.75) is 50.9 Å². The normalized spacial score (nSPS) is 26.4. The highest BCUT2D eigenvalue weighted by atomic mass is 16.3. The highest BCUT2D eigenvalue weighted by Gasteiger charge is 2.42. The maximum atomic E-state index is 12.3. The molecule has 168 valence electrons. The van der Waals surface area contributed by atoms with Crippen molar-refractivity contribution in [1.82, 2.24) is 10.2 Å². The van der Waals surface area contributed by atoms with Gasteiger partial charge in [-0.1, -0.05) is 6.07 Å². The number of anilines is 2. The summed E-state index contributed by atoms with van der Waals surface area (Å²) in [4.78, 5) is 41.3. The molecular weight excluding hydrogens is 400 g/mol. The number of hydrogen-bond donors (Lipinski definition) is 3. The van der Waals surface area contributed by atoms with Gasteiger partial charge in [0.15, 0.2) is 0 Å². The summed E-state index contributed by atoms with van der Waals surface area (Å²) in [6.07, 6.45) is 2.55. The lowest BCUT2D eigenvalue weighted by molar-refractivity contribution is -0.136. The lowest BCUT2D eigenvalue weighted by atomic mass is 9.97. The molecule has 0 spiro atoms. The second-order valence-corrected chi connectivity index (χ2v) is 8.68. The minimum Gasteiger partial charge on any atom is -0.396 e. The van der Waals surface area contributed by atoms with Crippen LogP contribution in [0, 0.1) is 5.92 Å². The van der Waals surface area contributed by atoms with Crippen LogP contribution in [0.25, 0.3) is 0 Å². The van der Waals surface area contributed by atoms with Gasteiger partial charge < -0.3 is 24.9 Å². The van der Waals surface area contributed by atoms with Crippen molar-refractivity contribution in [2.75, 3.05) is 36.5 Å². The number of carbonyl (C=O) groups excluding carboxylic acids is 3. The number of aryl methyl sites for hydroxylation is 1. The number of nitrogens with zero attached hydrogens (tertiary/aromatic N) is 3. The van der Waals surface area contributed by atoms with Gasteiger partial charge in [-0.2, -0.15) is 0 Å². The molecular formula is C22H30N4O5. The van der Waals surface area contributed by atoms with E-state index in [1.54, 1.807) is 16.8 Å². The van der Waals surface area contributed by atoms with E-state index in [0.717, 1.165) is 36.2 Å². The Morgan fingerprint density at radius 1 is 1.16 bits per heavy atom. The number of likely N-dealkylation sites (tertiary alicyclic amines) is 1. The maximum absolute atomic E-state index is 12.3. The number of imide groups is 1. The summed E-state index contributed by atoms with van der Waals surface area (Å²) in [7, 11) is 1.78. The number of fused-ring (bicyclic) bond motifs is 1. The van der Waals surface area contributed by atoms with Gasteiger partial charge in [0.05, 0.1) is 11.4 Å². The van der Waals surface area contributed by atoms with Crippen LogP contribution in [0.1, 0.15) is 37.7 Å². The zero-order valence-electron chi connectivity index (χ0n) is 17.8. The summed E-state index contributed by atoms with van der Waals surface area (Å²) in [6.45, 7) is 1.46. The fourth-order valence-corrected chi connectivity index (χ4v) is 4.74. The third-order valence-electron chi connectivity index (χ3n) is 6.61. The summed E-state index contributed by atoms with van der Waals surface area (Å²) in [5.41, 5.74) is 2.71. The zero-order valence-corrected chi connectivity index (χ0v) is 17.8. The maximum Gasteiger partial charge on any atom is 0.249 e. The molecule has 0 aromatic heterocycles. The van der Waals surface area contributed by atoms with E-state index in [1.807, 2.05) is 23.1 Å². The van der Waals surface area contributed by atoms with Crippen LogP contribution in [0.5, 0.6) is 0 Å². The molecule has 2 fully saturated rings. The number of benzene rings is 1. The van der Waals surface area contributed by atoms with Gasteiger partial charge >= 0.3 is 0 Å². The molecule has 0 aliphatic carbocycles. The average Bonchev–Trinajstić information content (AvgIpc) is 2.99. The molecule has 31 heavy (non-hydrogen) atoms. The van der Waals surface area contributed by atoms with Crippen LogP contribution in [0.15, 0.2) is 18.2 Å². The first kappa shape index (κ1) is 21.6. The van der Waals surface area contributed by atoms with E-state index < -0.39 is 12.4 Å². The van der Waals surface area contributed by atoms with Crippen LogP contribution >= 0.6 is 0 Å². The molecule has 3 unspecified atom stereocenters. The number of hydrogen-bond acceptors (Lipinski definition) is 7. The number of aliphatic hydroxyl groups excluding tert-OH is 2. The van der Waals surface area contributed by atoms with E-state index in [4.69, 9.17) is 0 Å². The number of rotatable bonds is 6. The Kier molecular flexibility index (Phi) is 6.15. The van der Waals surface area contributed by atoms with Gasteiger partial charge in [0, 0.05) is 39.6 Å². The number of carbonyl (C=O) groups is 3. The van der Waals surface area contributed by atoms with Gasteiger partial charge in [-0.15, -0.1) is 0 Å². The first-order valence-electron chi connectivity index (χ1n) is 10.9. The number of piperidine rings is 2. The van der Waals surface area contributed by atoms with Gasteiger partial charge in [-0.3, -0.25) is 19.7 Å². The van der Waals surface area contributed by atoms with E-state index in [1.165, 1.54) is 0 Å². The Balaban J connectivity index is 1.40. The van der Waals surface area contributed by atoms with Gasteiger partial charge in [-0.25, -0.2) is 0 Å². The lowest BCUT2D eigenvalue weighted by Crippen LogP contribution is -2.56. The van der Waals surface area contributed by atoms with Crippen molar-refractivity contribution in [3.63, 3.8) is 0 Å². The van der Waals surface area contributed by atoms with Gasteiger partial charge in [0.2, 0.25) is 24.1 Å². The molecule has 0 bridgehead atoms. The second-order valence-electron chi connectivity index (χ2n) is 8.68. The van der Waals surface area contributed by atoms with E-state index in [-0.39, 0.29) is 36.7 Å². The van der Waals surface area contributed by atoms with Crippen LogP contribution in [-0.4, -0.2) is 72.0 Å². The Labute approximate surface area is 181 Å². The third kappa shape index (κ3) is 4.24. The molecule has 3 N–H and O–H groups in total. The van der Waals surface area contributed by atoms with Crippen molar-refractivity contribution in [3.05, 3.63) is 23.8 Å². The molecule has 0 radical (unpaired) electrons. The largest absolute Gasteiger partial charge is 0.396 e. The molecule has 3 aliphatic rings. The van der Waals surface area contributed by atoms with Crippen LogP contribution in [0.4, 0.5) is 11.4 Å². The smallest absolute Gasteiger partial charge is 0.249 e. The monoisotopic (exact) mass is 430 g/mol. The zero-order chi connectivity index (χ0) is 22.1. The fraction of sp³-hybridized carbons (Fsp3) is 0.591. The van der Waals surface area contributed by atoms with Crippen molar-refractivity contribution in [3.8, 4) is 0 Å². The summed E-state index contributed by atoms with van der Waals surface area (Å²) in [5, 5.41) is 22.3. The molecule has 3 atom stereocenters. The van der Waals surface area contributed by atoms with Gasteiger partial charge in [0.25, 0.3) is 0 Å². The van der Waals surface area contributed by atoms with Crippen molar-refractivity contribution >= 4 is 29.1 Å². The number of aliphatic hydroxyl groups is 2. The van der Waals surface area contributed by atoms with E-state index in [0.29, 0.717) is 25.9 Å². The number of amides is 3. The Morgan fingerprint density at radius 3 is 2.68 bits per heavy atom. The minimum absolute atomic E-state index is 0.0733. The molecule has 1 aromatic carbocycles. The average molecular weight is 431 g/mol. The number of nitrogens with one attached hydrogen (secondary N) is 1. The molecule has 3 amide bonds. The third-order valence-corrected chi connectivity index (χ3v) is 6.61. The predicted octanol–water partition coefficient (Wildman–Crippen LogP) is 0.187. The molecule has 2 saturated heterocycles. The van der Waals surface area contributed by atoms with E-state index in [2.05, 4.69) is 5.32 Å². The summed E-state index contributed by atoms with van der Waals surface area (Å²) < 4.78 is 0. The quantitative estimate of drug-likeness (QED) is 0.552. The SMILES string of the molecule is CN1c2cc(CCCN3CCC(CO)CC3=O)ccc2N(C2CCC(=O)NC2=O)C1O. The van der Waals surface area contributed by atoms with Gasteiger partial charge in [0.1, 0.15) is 6.04 Å². The van der Waals surface area contributed by atoms with Crippen LogP contribution in [0.3, 0.4) is 0 Å². The van der Waals surface area contributed by atoms with E-state index >= 15 is 0 Å². The first-order chi connectivity index (χ1) is 14.9. The van der Waals surface area contributed by atoms with Crippen LogP contribution in [0.2, 0.25) is 0 Å². The molecule has 4 rings (SSSR count). The highest BCUT2D eigenvalue weighted by molar-refractivity contribution is 6.02. The standard InChI is InChI=1S/C22H30N4O5/c1-24-18-11-14(3-2-9-25-10-8-15(13-27)12-20(25)29)4-5-16(18)26(22(24)31)17-6-7-19(28)23-21(17)30/h4-5,11,15,17,22,27,31H,2-3,6-10,12-13H2,1H3,(H,23,28,30). The molecule has 0 saturated carbocycles. The lowest BCUT2D eigenvalue weighted by Gasteiger charge is -2.34. The van der Waals surface area contributed by atoms with Crippen LogP contribution < -0.4 is 15.1 Å². The van der Waals surface area contributed by atoms with Crippen molar-refractivity contribution in [2.24, 2.45) is 5.92 Å². The summed E-state index contributed by atoms with van der Waals surface area (Å²) in [5.74, 6) is -0.454. The summed E-state index contributed by atoms with van der Waals surface area (Å²) in [6, 6.07) is 5.34. The molecule has 9 heteroatoms. The second kappa shape index (κ2) is 8.84. The van der Waals surface area contributed by atoms with Crippen molar-refractivity contribution < 1.29 is 24.6 Å². The topological polar surface area (TPSA) is 113 Å². The van der Waals surface area contributed by atoms with E-state index in [9.17, 15) is 24.6 Å². The van der Waals surface area contributed by atoms with Crippen molar-refractivity contribution in [1.29, 1.82) is 0 Å². The first-order valence-corrected chi connectivity index (χ1v) is 10.9. The molecule has 9 nitrogen and oxygen atoms in total. The molecule has 1 aromatic rings. The Bertz CT molecular complexity index is 875. The van der Waals surface area contributed by atoms with Crippen LogP contribution in [-0.2, 0) is 20.8 Å². The molecule has 3 heterocycles. The minimum atomic E-state index is -0.973. The highest BCUT2D eigenvalue weighted by Crippen LogP contribution is 2.41. The summed E-state index contributed by atoms with van der Waals surface area (Å²) >= 11 is 0.